The molecular formula is C14H17FN2OS. The van der Waals surface area contributed by atoms with Crippen LogP contribution in [-0.4, -0.2) is 7.11 Å². The number of benzene rings is 1. The van der Waals surface area contributed by atoms with Gasteiger partial charge in [-0.2, -0.15) is 0 Å². The second-order valence-corrected chi connectivity index (χ2v) is 5.35. The number of methoxy groups -OCH3 is 1. The van der Waals surface area contributed by atoms with Crippen LogP contribution in [0.3, 0.4) is 0 Å². The molecule has 2 aromatic rings. The van der Waals surface area contributed by atoms with E-state index in [9.17, 15) is 4.39 Å². The minimum atomic E-state index is -0.382. The molecule has 5 heteroatoms. The molecule has 102 valence electrons. The summed E-state index contributed by atoms with van der Waals surface area (Å²) in [5.74, 6) is 5.47. The normalized spacial score (nSPS) is 12.4. The molecule has 1 aromatic heterocycles. The van der Waals surface area contributed by atoms with Gasteiger partial charge in [0, 0.05) is 9.75 Å². The van der Waals surface area contributed by atoms with Gasteiger partial charge in [-0.1, -0.05) is 13.0 Å². The third-order valence-corrected chi connectivity index (χ3v) is 4.29. The van der Waals surface area contributed by atoms with Gasteiger partial charge < -0.3 is 4.74 Å². The number of nitrogens with one attached hydrogen (secondary N) is 1. The summed E-state index contributed by atoms with van der Waals surface area (Å²) in [6.45, 7) is 2.10. The average Bonchev–Trinajstić information content (AvgIpc) is 2.88. The van der Waals surface area contributed by atoms with E-state index < -0.39 is 0 Å². The molecule has 1 heterocycles. The van der Waals surface area contributed by atoms with Crippen LogP contribution >= 0.6 is 11.3 Å². The van der Waals surface area contributed by atoms with E-state index in [1.165, 1.54) is 18.1 Å². The number of aryl methyl sites for hydroxylation is 1. The van der Waals surface area contributed by atoms with Gasteiger partial charge in [0.2, 0.25) is 0 Å². The third-order valence-electron chi connectivity index (χ3n) is 2.99. The zero-order valence-corrected chi connectivity index (χ0v) is 11.8. The van der Waals surface area contributed by atoms with Crippen molar-refractivity contribution >= 4 is 11.3 Å². The van der Waals surface area contributed by atoms with Gasteiger partial charge in [-0.15, -0.1) is 11.3 Å². The van der Waals surface area contributed by atoms with Crippen LogP contribution in [-0.2, 0) is 6.42 Å². The van der Waals surface area contributed by atoms with E-state index in [4.69, 9.17) is 10.6 Å². The molecule has 1 atom stereocenters. The third kappa shape index (κ3) is 2.94. The van der Waals surface area contributed by atoms with E-state index in [-0.39, 0.29) is 17.6 Å². The van der Waals surface area contributed by atoms with E-state index in [1.807, 2.05) is 12.1 Å². The smallest absolute Gasteiger partial charge is 0.165 e. The Morgan fingerprint density at radius 1 is 1.37 bits per heavy atom. The topological polar surface area (TPSA) is 47.3 Å². The Kier molecular flexibility index (Phi) is 4.52. The lowest BCUT2D eigenvalue weighted by Gasteiger charge is -2.15. The predicted octanol–water partition coefficient (Wildman–Crippen LogP) is 3.01. The molecule has 0 saturated carbocycles. The number of nitrogens with two attached hydrogens (primary N) is 1. The summed E-state index contributed by atoms with van der Waals surface area (Å²) in [4.78, 5) is 2.35. The Labute approximate surface area is 116 Å². The number of hydrogen-bond donors (Lipinski definition) is 2. The summed E-state index contributed by atoms with van der Waals surface area (Å²) in [6, 6.07) is 8.78. The average molecular weight is 280 g/mol. The highest BCUT2D eigenvalue weighted by Gasteiger charge is 2.16. The van der Waals surface area contributed by atoms with Crippen molar-refractivity contribution < 1.29 is 9.13 Å². The van der Waals surface area contributed by atoms with E-state index in [0.29, 0.717) is 0 Å². The molecule has 2 rings (SSSR count). The highest BCUT2D eigenvalue weighted by molar-refractivity contribution is 7.12. The van der Waals surface area contributed by atoms with Gasteiger partial charge >= 0.3 is 0 Å². The fraction of sp³-hybridized carbons (Fsp3) is 0.286. The van der Waals surface area contributed by atoms with Crippen LogP contribution in [0.1, 0.15) is 28.3 Å². The Morgan fingerprint density at radius 3 is 2.68 bits per heavy atom. The van der Waals surface area contributed by atoms with E-state index in [1.54, 1.807) is 17.4 Å². The minimum Gasteiger partial charge on any atom is -0.494 e. The Balaban J connectivity index is 2.33. The Hall–Kier alpha value is -1.43. The molecular weight excluding hydrogens is 263 g/mol. The lowest BCUT2D eigenvalue weighted by molar-refractivity contribution is 0.386. The first-order valence-corrected chi connectivity index (χ1v) is 6.89. The van der Waals surface area contributed by atoms with Crippen molar-refractivity contribution in [3.8, 4) is 5.75 Å². The molecule has 0 radical (unpaired) electrons. The van der Waals surface area contributed by atoms with E-state index in [0.717, 1.165) is 16.9 Å². The highest BCUT2D eigenvalue weighted by Crippen LogP contribution is 2.30. The molecule has 1 unspecified atom stereocenters. The first-order valence-electron chi connectivity index (χ1n) is 6.07. The summed E-state index contributed by atoms with van der Waals surface area (Å²) in [6.07, 6.45) is 0.985. The number of thiophene rings is 1. The van der Waals surface area contributed by atoms with E-state index in [2.05, 4.69) is 18.4 Å². The van der Waals surface area contributed by atoms with Crippen LogP contribution < -0.4 is 16.0 Å². The zero-order chi connectivity index (χ0) is 13.8. The number of hydrogen-bond acceptors (Lipinski definition) is 4. The Bertz CT molecular complexity index is 556. The van der Waals surface area contributed by atoms with Gasteiger partial charge in [-0.3, -0.25) is 5.84 Å². The first-order chi connectivity index (χ1) is 9.19. The van der Waals surface area contributed by atoms with Crippen molar-refractivity contribution in [3.63, 3.8) is 0 Å². The van der Waals surface area contributed by atoms with Gasteiger partial charge in [0.05, 0.1) is 13.2 Å². The summed E-state index contributed by atoms with van der Waals surface area (Å²) < 4.78 is 18.7. The molecule has 0 spiro atoms. The van der Waals surface area contributed by atoms with Crippen molar-refractivity contribution in [2.75, 3.05) is 7.11 Å². The van der Waals surface area contributed by atoms with Crippen LogP contribution in [0.25, 0.3) is 0 Å². The molecule has 0 aliphatic carbocycles. The largest absolute Gasteiger partial charge is 0.494 e. The maximum absolute atomic E-state index is 13.7. The predicted molar refractivity (Wildman–Crippen MR) is 75.8 cm³/mol. The van der Waals surface area contributed by atoms with Gasteiger partial charge in [-0.25, -0.2) is 9.82 Å². The molecule has 0 amide bonds. The fourth-order valence-electron chi connectivity index (χ4n) is 1.94. The second kappa shape index (κ2) is 6.14. The SMILES string of the molecule is CCc1ccc(C(NN)c2ccc(OC)c(F)c2)s1. The number of halogens is 1. The van der Waals surface area contributed by atoms with Crippen molar-refractivity contribution in [2.45, 2.75) is 19.4 Å². The van der Waals surface area contributed by atoms with Crippen LogP contribution in [0, 0.1) is 5.82 Å². The van der Waals surface area contributed by atoms with Gasteiger partial charge in [0.15, 0.2) is 11.6 Å². The van der Waals surface area contributed by atoms with Crippen molar-refractivity contribution in [2.24, 2.45) is 5.84 Å². The molecule has 1 aromatic carbocycles. The maximum Gasteiger partial charge on any atom is 0.165 e. The quantitative estimate of drug-likeness (QED) is 0.654. The van der Waals surface area contributed by atoms with Gasteiger partial charge in [0.1, 0.15) is 0 Å². The minimum absolute atomic E-state index is 0.203. The standard InChI is InChI=1S/C14H17FN2OS/c1-3-10-5-7-13(19-10)14(17-16)9-4-6-12(18-2)11(15)8-9/h4-8,14,17H,3,16H2,1-2H3. The highest BCUT2D eigenvalue weighted by atomic mass is 32.1. The number of ether oxygens (including phenoxy) is 1. The zero-order valence-electron chi connectivity index (χ0n) is 10.9. The lowest BCUT2D eigenvalue weighted by Crippen LogP contribution is -2.28. The molecule has 3 N–H and O–H groups in total. The summed E-state index contributed by atoms with van der Waals surface area (Å²) in [5.41, 5.74) is 3.52. The second-order valence-electron chi connectivity index (χ2n) is 4.15. The van der Waals surface area contributed by atoms with Crippen LogP contribution in [0.15, 0.2) is 30.3 Å². The first kappa shape index (κ1) is 14.0. The van der Waals surface area contributed by atoms with Gasteiger partial charge in [-0.05, 0) is 36.2 Å². The Morgan fingerprint density at radius 2 is 2.16 bits per heavy atom. The number of hydrazine groups is 1. The van der Waals surface area contributed by atoms with Crippen molar-refractivity contribution in [3.05, 3.63) is 51.5 Å². The molecule has 19 heavy (non-hydrogen) atoms. The van der Waals surface area contributed by atoms with Crippen molar-refractivity contribution in [1.29, 1.82) is 0 Å². The van der Waals surface area contributed by atoms with Crippen LogP contribution in [0.5, 0.6) is 5.75 Å². The lowest BCUT2D eigenvalue weighted by atomic mass is 10.1. The maximum atomic E-state index is 13.7. The van der Waals surface area contributed by atoms with E-state index >= 15 is 0 Å². The molecule has 0 saturated heterocycles. The summed E-state index contributed by atoms with van der Waals surface area (Å²) in [7, 11) is 1.45. The van der Waals surface area contributed by atoms with Crippen LogP contribution in [0.4, 0.5) is 4.39 Å². The fourth-order valence-corrected chi connectivity index (χ4v) is 2.99. The molecule has 0 aliphatic rings. The summed E-state index contributed by atoms with van der Waals surface area (Å²) in [5, 5.41) is 0. The monoisotopic (exact) mass is 280 g/mol. The molecule has 0 aliphatic heterocycles. The number of rotatable bonds is 5. The van der Waals surface area contributed by atoms with Crippen molar-refractivity contribution in [1.82, 2.24) is 5.43 Å². The van der Waals surface area contributed by atoms with Crippen LogP contribution in [0.2, 0.25) is 0 Å². The summed E-state index contributed by atoms with van der Waals surface area (Å²) >= 11 is 1.68. The van der Waals surface area contributed by atoms with Gasteiger partial charge in [0.25, 0.3) is 0 Å². The molecule has 0 bridgehead atoms. The molecule has 0 fully saturated rings. The molecule has 3 nitrogen and oxygen atoms in total.